The summed E-state index contributed by atoms with van der Waals surface area (Å²) in [4.78, 5) is 0. The highest BCUT2D eigenvalue weighted by Gasteiger charge is 2.22. The van der Waals surface area contributed by atoms with Crippen molar-refractivity contribution in [2.45, 2.75) is 58.1 Å². The second kappa shape index (κ2) is 6.95. The molecule has 1 saturated carbocycles. The predicted molar refractivity (Wildman–Crippen MR) is 80.6 cm³/mol. The zero-order valence-corrected chi connectivity index (χ0v) is 12.5. The van der Waals surface area contributed by atoms with Gasteiger partial charge in [-0.05, 0) is 51.6 Å². The maximum Gasteiger partial charge on any atom is 0.124 e. The first-order valence-corrected chi connectivity index (χ1v) is 7.67. The van der Waals surface area contributed by atoms with Crippen molar-refractivity contribution in [3.63, 3.8) is 0 Å². The monoisotopic (exact) mass is 261 g/mol. The highest BCUT2D eigenvalue weighted by molar-refractivity contribution is 5.35. The summed E-state index contributed by atoms with van der Waals surface area (Å²) in [7, 11) is 1.99. The Morgan fingerprint density at radius 3 is 2.53 bits per heavy atom. The van der Waals surface area contributed by atoms with Gasteiger partial charge in [0.1, 0.15) is 5.75 Å². The van der Waals surface area contributed by atoms with E-state index in [1.54, 1.807) is 0 Å². The van der Waals surface area contributed by atoms with E-state index in [2.05, 4.69) is 43.4 Å². The van der Waals surface area contributed by atoms with Gasteiger partial charge in [-0.25, -0.2) is 0 Å². The normalized spacial score (nSPS) is 25.0. The largest absolute Gasteiger partial charge is 0.490 e. The molecule has 0 heterocycles. The Balaban J connectivity index is 1.99. The Hall–Kier alpha value is -1.02. The Bertz CT molecular complexity index is 383. The van der Waals surface area contributed by atoms with Gasteiger partial charge < -0.3 is 10.1 Å². The fraction of sp³-hybridized carbons (Fsp3) is 0.647. The molecule has 19 heavy (non-hydrogen) atoms. The minimum atomic E-state index is 0.336. The van der Waals surface area contributed by atoms with E-state index in [-0.39, 0.29) is 0 Å². The average Bonchev–Trinajstić information content (AvgIpc) is 2.48. The maximum absolute atomic E-state index is 6.26. The molecule has 1 fully saturated rings. The second-order valence-electron chi connectivity index (χ2n) is 5.72. The molecule has 1 N–H and O–H groups in total. The van der Waals surface area contributed by atoms with Crippen molar-refractivity contribution >= 4 is 0 Å². The summed E-state index contributed by atoms with van der Waals surface area (Å²) in [6.07, 6.45) is 6.80. The molecule has 1 unspecified atom stereocenters. The lowest BCUT2D eigenvalue weighted by Crippen LogP contribution is -2.25. The number of hydrogen-bond donors (Lipinski definition) is 1. The van der Waals surface area contributed by atoms with E-state index in [9.17, 15) is 0 Å². The molecule has 1 aromatic rings. The van der Waals surface area contributed by atoms with Gasteiger partial charge in [-0.1, -0.05) is 31.5 Å². The molecule has 1 aromatic carbocycles. The van der Waals surface area contributed by atoms with Crippen molar-refractivity contribution in [3.05, 3.63) is 29.8 Å². The van der Waals surface area contributed by atoms with Crippen LogP contribution in [0.15, 0.2) is 24.3 Å². The lowest BCUT2D eigenvalue weighted by atomic mass is 9.86. The van der Waals surface area contributed by atoms with Crippen molar-refractivity contribution in [3.8, 4) is 5.75 Å². The van der Waals surface area contributed by atoms with Gasteiger partial charge in [-0.2, -0.15) is 0 Å². The topological polar surface area (TPSA) is 21.3 Å². The van der Waals surface area contributed by atoms with Crippen molar-refractivity contribution in [1.29, 1.82) is 0 Å². The van der Waals surface area contributed by atoms with Crippen LogP contribution in [0.3, 0.4) is 0 Å². The van der Waals surface area contributed by atoms with Crippen LogP contribution in [0.5, 0.6) is 5.75 Å². The van der Waals surface area contributed by atoms with Gasteiger partial charge in [0.05, 0.1) is 6.10 Å². The van der Waals surface area contributed by atoms with Crippen LogP contribution in [-0.2, 0) is 0 Å². The van der Waals surface area contributed by atoms with Crippen molar-refractivity contribution in [2.24, 2.45) is 5.92 Å². The van der Waals surface area contributed by atoms with E-state index >= 15 is 0 Å². The summed E-state index contributed by atoms with van der Waals surface area (Å²) >= 11 is 0. The van der Waals surface area contributed by atoms with Crippen LogP contribution in [-0.4, -0.2) is 13.2 Å². The Morgan fingerprint density at radius 2 is 1.89 bits per heavy atom. The smallest absolute Gasteiger partial charge is 0.124 e. The van der Waals surface area contributed by atoms with Gasteiger partial charge in [0.25, 0.3) is 0 Å². The molecule has 0 aliphatic heterocycles. The first-order chi connectivity index (χ1) is 9.24. The number of para-hydroxylation sites is 1. The Morgan fingerprint density at radius 1 is 1.21 bits per heavy atom. The van der Waals surface area contributed by atoms with Crippen molar-refractivity contribution < 1.29 is 4.74 Å². The number of hydrogen-bond acceptors (Lipinski definition) is 2. The predicted octanol–water partition coefficient (Wildman–Crippen LogP) is 4.31. The molecule has 1 aliphatic rings. The van der Waals surface area contributed by atoms with Gasteiger partial charge in [0.15, 0.2) is 0 Å². The summed E-state index contributed by atoms with van der Waals surface area (Å²) in [6, 6.07) is 8.76. The Labute approximate surface area is 117 Å². The third-order valence-electron chi connectivity index (χ3n) is 4.48. The SMILES string of the molecule is CCC1CCC(Oc2ccccc2C(C)NC)CC1. The molecule has 1 atom stereocenters. The van der Waals surface area contributed by atoms with E-state index in [4.69, 9.17) is 4.74 Å². The van der Waals surface area contributed by atoms with Crippen LogP contribution in [0.25, 0.3) is 0 Å². The minimum Gasteiger partial charge on any atom is -0.490 e. The van der Waals surface area contributed by atoms with Crippen LogP contribution in [0.2, 0.25) is 0 Å². The van der Waals surface area contributed by atoms with E-state index in [0.29, 0.717) is 12.1 Å². The van der Waals surface area contributed by atoms with E-state index in [1.807, 2.05) is 7.05 Å². The Kier molecular flexibility index (Phi) is 5.26. The zero-order valence-electron chi connectivity index (χ0n) is 12.5. The summed E-state index contributed by atoms with van der Waals surface area (Å²) in [5, 5.41) is 3.30. The van der Waals surface area contributed by atoms with E-state index in [1.165, 1.54) is 37.7 Å². The van der Waals surface area contributed by atoms with Crippen LogP contribution in [0.4, 0.5) is 0 Å². The molecule has 2 heteroatoms. The van der Waals surface area contributed by atoms with Crippen molar-refractivity contribution in [2.75, 3.05) is 7.05 Å². The highest BCUT2D eigenvalue weighted by Crippen LogP contribution is 2.32. The first kappa shape index (κ1) is 14.4. The summed E-state index contributed by atoms with van der Waals surface area (Å²) < 4.78 is 6.26. The molecule has 106 valence electrons. The van der Waals surface area contributed by atoms with Crippen LogP contribution < -0.4 is 10.1 Å². The second-order valence-corrected chi connectivity index (χ2v) is 5.72. The number of benzene rings is 1. The maximum atomic E-state index is 6.26. The molecule has 0 amide bonds. The molecule has 0 bridgehead atoms. The molecule has 1 aliphatic carbocycles. The summed E-state index contributed by atoms with van der Waals surface area (Å²) in [5.74, 6) is 1.98. The minimum absolute atomic E-state index is 0.336. The molecule has 0 spiro atoms. The quantitative estimate of drug-likeness (QED) is 0.852. The lowest BCUT2D eigenvalue weighted by Gasteiger charge is -2.29. The van der Waals surface area contributed by atoms with Crippen LogP contribution in [0, 0.1) is 5.92 Å². The van der Waals surface area contributed by atoms with E-state index < -0.39 is 0 Å². The molecule has 0 saturated heterocycles. The van der Waals surface area contributed by atoms with Gasteiger partial charge in [0, 0.05) is 11.6 Å². The zero-order chi connectivity index (χ0) is 13.7. The summed E-state index contributed by atoms with van der Waals surface area (Å²) in [5.41, 5.74) is 1.27. The molecular formula is C17H27NO. The van der Waals surface area contributed by atoms with Gasteiger partial charge in [-0.3, -0.25) is 0 Å². The molecule has 0 aromatic heterocycles. The third-order valence-corrected chi connectivity index (χ3v) is 4.48. The van der Waals surface area contributed by atoms with Gasteiger partial charge in [-0.15, -0.1) is 0 Å². The van der Waals surface area contributed by atoms with Crippen LogP contribution >= 0.6 is 0 Å². The van der Waals surface area contributed by atoms with Crippen molar-refractivity contribution in [1.82, 2.24) is 5.32 Å². The summed E-state index contributed by atoms with van der Waals surface area (Å²) in [6.45, 7) is 4.48. The standard InChI is InChI=1S/C17H27NO/c1-4-14-9-11-15(12-10-14)19-17-8-6-5-7-16(17)13(2)18-3/h5-8,13-15,18H,4,9-12H2,1-3H3. The number of ether oxygens (including phenoxy) is 1. The number of nitrogens with one attached hydrogen (secondary N) is 1. The lowest BCUT2D eigenvalue weighted by molar-refractivity contribution is 0.128. The van der Waals surface area contributed by atoms with E-state index in [0.717, 1.165) is 11.7 Å². The number of rotatable bonds is 5. The molecular weight excluding hydrogens is 234 g/mol. The van der Waals surface area contributed by atoms with Gasteiger partial charge in [0.2, 0.25) is 0 Å². The average molecular weight is 261 g/mol. The van der Waals surface area contributed by atoms with Gasteiger partial charge >= 0.3 is 0 Å². The fourth-order valence-electron chi connectivity index (χ4n) is 2.94. The van der Waals surface area contributed by atoms with Crippen LogP contribution in [0.1, 0.15) is 57.6 Å². The first-order valence-electron chi connectivity index (χ1n) is 7.67. The highest BCUT2D eigenvalue weighted by atomic mass is 16.5. The molecule has 2 nitrogen and oxygen atoms in total. The third kappa shape index (κ3) is 3.73. The fourth-order valence-corrected chi connectivity index (χ4v) is 2.94. The molecule has 0 radical (unpaired) electrons. The molecule has 2 rings (SSSR count).